The largest absolute Gasteiger partial charge is 0.298 e. The highest BCUT2D eigenvalue weighted by atomic mass is 35.5. The van der Waals surface area contributed by atoms with Gasteiger partial charge in [0, 0.05) is 18.6 Å². The Morgan fingerprint density at radius 3 is 2.88 bits per heavy atom. The summed E-state index contributed by atoms with van der Waals surface area (Å²) in [6.07, 6.45) is 5.28. The molecule has 0 N–H and O–H groups in total. The van der Waals surface area contributed by atoms with Gasteiger partial charge >= 0.3 is 0 Å². The minimum atomic E-state index is 0.245. The average molecular weight is 231 g/mol. The van der Waals surface area contributed by atoms with Crippen molar-refractivity contribution in [3.8, 4) is 11.4 Å². The van der Waals surface area contributed by atoms with Crippen LogP contribution in [0.3, 0.4) is 0 Å². The standard InChI is InChI=1S/C11H7ClN4/c12-11-14-5-4-8(15-11)9-2-1-3-10-13-6-7-16(9)10/h1-7H. The minimum absolute atomic E-state index is 0.245. The van der Waals surface area contributed by atoms with Gasteiger partial charge in [-0.1, -0.05) is 6.07 Å². The van der Waals surface area contributed by atoms with Crippen LogP contribution in [0.5, 0.6) is 0 Å². The van der Waals surface area contributed by atoms with Gasteiger partial charge in [-0.05, 0) is 29.8 Å². The van der Waals surface area contributed by atoms with Crippen molar-refractivity contribution in [2.75, 3.05) is 0 Å². The Morgan fingerprint density at radius 1 is 1.06 bits per heavy atom. The number of hydrogen-bond acceptors (Lipinski definition) is 3. The van der Waals surface area contributed by atoms with Crippen LogP contribution in [0.2, 0.25) is 5.28 Å². The molecule has 0 bridgehead atoms. The number of imidazole rings is 1. The highest BCUT2D eigenvalue weighted by Gasteiger charge is 2.05. The molecule has 78 valence electrons. The quantitative estimate of drug-likeness (QED) is 0.603. The molecule has 0 aliphatic carbocycles. The van der Waals surface area contributed by atoms with E-state index in [4.69, 9.17) is 11.6 Å². The fraction of sp³-hybridized carbons (Fsp3) is 0. The number of nitrogens with zero attached hydrogens (tertiary/aromatic N) is 4. The summed E-state index contributed by atoms with van der Waals surface area (Å²) in [7, 11) is 0. The number of halogens is 1. The summed E-state index contributed by atoms with van der Waals surface area (Å²) >= 11 is 5.77. The van der Waals surface area contributed by atoms with E-state index in [2.05, 4.69) is 15.0 Å². The van der Waals surface area contributed by atoms with Crippen LogP contribution in [0.25, 0.3) is 17.0 Å². The monoisotopic (exact) mass is 230 g/mol. The smallest absolute Gasteiger partial charge is 0.222 e. The second-order valence-corrected chi connectivity index (χ2v) is 3.62. The molecule has 3 rings (SSSR count). The Kier molecular flexibility index (Phi) is 2.08. The van der Waals surface area contributed by atoms with Crippen molar-refractivity contribution in [3.63, 3.8) is 0 Å². The summed E-state index contributed by atoms with van der Waals surface area (Å²) in [5.41, 5.74) is 2.61. The van der Waals surface area contributed by atoms with Crippen LogP contribution in [0.4, 0.5) is 0 Å². The molecule has 0 aliphatic rings. The maximum Gasteiger partial charge on any atom is 0.222 e. The van der Waals surface area contributed by atoms with E-state index in [0.29, 0.717) is 0 Å². The summed E-state index contributed by atoms with van der Waals surface area (Å²) in [6.45, 7) is 0. The zero-order valence-electron chi connectivity index (χ0n) is 8.21. The molecule has 3 heterocycles. The van der Waals surface area contributed by atoms with Crippen molar-refractivity contribution in [2.45, 2.75) is 0 Å². The maximum atomic E-state index is 5.77. The highest BCUT2D eigenvalue weighted by Crippen LogP contribution is 2.18. The van der Waals surface area contributed by atoms with Gasteiger partial charge < -0.3 is 0 Å². The van der Waals surface area contributed by atoms with Gasteiger partial charge in [-0.3, -0.25) is 4.40 Å². The Hall–Kier alpha value is -1.94. The van der Waals surface area contributed by atoms with Crippen molar-refractivity contribution in [3.05, 3.63) is 48.1 Å². The van der Waals surface area contributed by atoms with E-state index >= 15 is 0 Å². The molecule has 0 saturated heterocycles. The lowest BCUT2D eigenvalue weighted by Crippen LogP contribution is -1.93. The van der Waals surface area contributed by atoms with Gasteiger partial charge in [0.2, 0.25) is 5.28 Å². The van der Waals surface area contributed by atoms with E-state index < -0.39 is 0 Å². The molecular weight excluding hydrogens is 224 g/mol. The maximum absolute atomic E-state index is 5.77. The van der Waals surface area contributed by atoms with E-state index in [1.807, 2.05) is 34.9 Å². The summed E-state index contributed by atoms with van der Waals surface area (Å²) in [5, 5.41) is 0.245. The molecule has 0 radical (unpaired) electrons. The lowest BCUT2D eigenvalue weighted by atomic mass is 10.2. The van der Waals surface area contributed by atoms with Crippen LogP contribution < -0.4 is 0 Å². The molecule has 0 unspecified atom stereocenters. The molecule has 0 aliphatic heterocycles. The van der Waals surface area contributed by atoms with Crippen molar-refractivity contribution in [1.82, 2.24) is 19.4 Å². The predicted molar refractivity (Wildman–Crippen MR) is 61.2 cm³/mol. The molecule has 4 nitrogen and oxygen atoms in total. The summed E-state index contributed by atoms with van der Waals surface area (Å²) in [5.74, 6) is 0. The number of hydrogen-bond donors (Lipinski definition) is 0. The van der Waals surface area contributed by atoms with Crippen LogP contribution in [-0.4, -0.2) is 19.4 Å². The Bertz CT molecular complexity index is 647. The zero-order valence-corrected chi connectivity index (χ0v) is 8.96. The van der Waals surface area contributed by atoms with Crippen LogP contribution in [-0.2, 0) is 0 Å². The van der Waals surface area contributed by atoms with Gasteiger partial charge in [-0.15, -0.1) is 0 Å². The van der Waals surface area contributed by atoms with Crippen LogP contribution >= 0.6 is 11.6 Å². The normalized spacial score (nSPS) is 10.8. The van der Waals surface area contributed by atoms with Crippen molar-refractivity contribution in [1.29, 1.82) is 0 Å². The third kappa shape index (κ3) is 1.44. The first-order valence-electron chi connectivity index (χ1n) is 4.75. The van der Waals surface area contributed by atoms with Crippen LogP contribution in [0.15, 0.2) is 42.9 Å². The summed E-state index contributed by atoms with van der Waals surface area (Å²) < 4.78 is 1.96. The van der Waals surface area contributed by atoms with Gasteiger partial charge in [0.05, 0.1) is 11.4 Å². The molecule has 16 heavy (non-hydrogen) atoms. The molecule has 0 atom stereocenters. The first-order chi connectivity index (χ1) is 7.84. The number of pyridine rings is 1. The Morgan fingerprint density at radius 2 is 2.00 bits per heavy atom. The summed E-state index contributed by atoms with van der Waals surface area (Å²) in [4.78, 5) is 12.3. The van der Waals surface area contributed by atoms with E-state index in [1.165, 1.54) is 0 Å². The molecule has 0 amide bonds. The van der Waals surface area contributed by atoms with E-state index in [1.54, 1.807) is 12.4 Å². The second-order valence-electron chi connectivity index (χ2n) is 3.28. The fourth-order valence-corrected chi connectivity index (χ4v) is 1.78. The number of rotatable bonds is 1. The number of aromatic nitrogens is 4. The topological polar surface area (TPSA) is 43.1 Å². The first-order valence-corrected chi connectivity index (χ1v) is 5.13. The van der Waals surface area contributed by atoms with Crippen molar-refractivity contribution in [2.24, 2.45) is 0 Å². The van der Waals surface area contributed by atoms with Gasteiger partial charge in [0.15, 0.2) is 0 Å². The highest BCUT2D eigenvalue weighted by molar-refractivity contribution is 6.28. The first kappa shape index (κ1) is 9.30. The minimum Gasteiger partial charge on any atom is -0.298 e. The summed E-state index contributed by atoms with van der Waals surface area (Å²) in [6, 6.07) is 7.66. The molecule has 3 aromatic heterocycles. The zero-order chi connectivity index (χ0) is 11.0. The van der Waals surface area contributed by atoms with Crippen molar-refractivity contribution >= 4 is 17.2 Å². The van der Waals surface area contributed by atoms with Crippen LogP contribution in [0.1, 0.15) is 0 Å². The average Bonchev–Trinajstić information content (AvgIpc) is 2.76. The third-order valence-corrected chi connectivity index (χ3v) is 2.50. The van der Waals surface area contributed by atoms with E-state index in [0.717, 1.165) is 17.0 Å². The van der Waals surface area contributed by atoms with Crippen molar-refractivity contribution < 1.29 is 0 Å². The molecule has 0 saturated carbocycles. The van der Waals surface area contributed by atoms with Gasteiger partial charge in [-0.25, -0.2) is 15.0 Å². The van der Waals surface area contributed by atoms with Gasteiger partial charge in [-0.2, -0.15) is 0 Å². The fourth-order valence-electron chi connectivity index (χ4n) is 1.63. The number of fused-ring (bicyclic) bond motifs is 1. The predicted octanol–water partition coefficient (Wildman–Crippen LogP) is 2.44. The van der Waals surface area contributed by atoms with Gasteiger partial charge in [0.25, 0.3) is 0 Å². The molecule has 0 aromatic carbocycles. The molecular formula is C11H7ClN4. The molecule has 3 aromatic rings. The molecule has 5 heteroatoms. The lowest BCUT2D eigenvalue weighted by molar-refractivity contribution is 1.12. The lowest BCUT2D eigenvalue weighted by Gasteiger charge is -2.04. The molecule has 0 spiro atoms. The van der Waals surface area contributed by atoms with E-state index in [9.17, 15) is 0 Å². The second kappa shape index (κ2) is 3.57. The molecule has 0 fully saturated rings. The SMILES string of the molecule is Clc1nccc(-c2cccc3nccn23)n1. The van der Waals surface area contributed by atoms with Crippen LogP contribution in [0, 0.1) is 0 Å². The third-order valence-electron chi connectivity index (χ3n) is 2.32. The Labute approximate surface area is 96.6 Å². The van der Waals surface area contributed by atoms with Gasteiger partial charge in [0.1, 0.15) is 5.65 Å². The van der Waals surface area contributed by atoms with E-state index in [-0.39, 0.29) is 5.28 Å². The Balaban J connectivity index is 2.29.